The van der Waals surface area contributed by atoms with Gasteiger partial charge in [-0.2, -0.15) is 0 Å². The summed E-state index contributed by atoms with van der Waals surface area (Å²) in [6, 6.07) is 12.1. The van der Waals surface area contributed by atoms with Gasteiger partial charge in [-0.1, -0.05) is 36.4 Å². The fourth-order valence-corrected chi connectivity index (χ4v) is 3.59. The zero-order chi connectivity index (χ0) is 26.1. The molecule has 0 aliphatic heterocycles. The Morgan fingerprint density at radius 2 is 1.86 bits per heavy atom. The van der Waals surface area contributed by atoms with E-state index < -0.39 is 35.6 Å². The van der Waals surface area contributed by atoms with Crippen LogP contribution in [-0.4, -0.2) is 45.7 Å². The molecule has 3 aromatic rings. The Hall–Kier alpha value is -4.12. The molecule has 0 unspecified atom stereocenters. The number of ether oxygens (including phenoxy) is 1. The van der Waals surface area contributed by atoms with Crippen LogP contribution in [0.15, 0.2) is 54.7 Å². The maximum absolute atomic E-state index is 14.0. The lowest BCUT2D eigenvalue weighted by Crippen LogP contribution is -2.50. The second kappa shape index (κ2) is 12.5. The number of hydrogen-bond acceptors (Lipinski definition) is 6. The molecular formula is C25H26F2N4O5. The Balaban J connectivity index is 1.66. The molecule has 0 aliphatic rings. The van der Waals surface area contributed by atoms with E-state index in [9.17, 15) is 23.2 Å². The van der Waals surface area contributed by atoms with E-state index in [2.05, 4.69) is 15.7 Å². The normalized spacial score (nSPS) is 11.6. The van der Waals surface area contributed by atoms with E-state index in [1.807, 2.05) is 24.3 Å². The van der Waals surface area contributed by atoms with Gasteiger partial charge in [-0.15, -0.1) is 0 Å². The predicted molar refractivity (Wildman–Crippen MR) is 128 cm³/mol. The zero-order valence-electron chi connectivity index (χ0n) is 19.5. The van der Waals surface area contributed by atoms with Gasteiger partial charge in [0.25, 0.3) is 0 Å². The number of carbonyl (C=O) groups excluding carboxylic acids is 2. The highest BCUT2D eigenvalue weighted by Gasteiger charge is 2.24. The Labute approximate surface area is 206 Å². The van der Waals surface area contributed by atoms with Gasteiger partial charge in [0, 0.05) is 37.0 Å². The van der Waals surface area contributed by atoms with Gasteiger partial charge in [0.2, 0.25) is 5.91 Å². The van der Waals surface area contributed by atoms with E-state index in [0.29, 0.717) is 0 Å². The van der Waals surface area contributed by atoms with Gasteiger partial charge in [0.15, 0.2) is 11.6 Å². The highest BCUT2D eigenvalue weighted by Crippen LogP contribution is 2.17. The van der Waals surface area contributed by atoms with Crippen LogP contribution in [0.2, 0.25) is 0 Å². The van der Waals surface area contributed by atoms with Crippen LogP contribution < -0.4 is 10.7 Å². The summed E-state index contributed by atoms with van der Waals surface area (Å²) < 4.78 is 32.9. The van der Waals surface area contributed by atoms with Crippen molar-refractivity contribution in [3.63, 3.8) is 0 Å². The number of nitrogens with zero attached hydrogens (tertiary/aromatic N) is 2. The predicted octanol–water partition coefficient (Wildman–Crippen LogP) is 4.24. The van der Waals surface area contributed by atoms with Crippen molar-refractivity contribution in [2.24, 2.45) is 0 Å². The molecule has 0 spiro atoms. The Morgan fingerprint density at radius 3 is 2.58 bits per heavy atom. The van der Waals surface area contributed by atoms with Crippen LogP contribution >= 0.6 is 0 Å². The first kappa shape index (κ1) is 26.5. The summed E-state index contributed by atoms with van der Waals surface area (Å²) >= 11 is 0. The number of nitrogens with one attached hydrogen (secondary N) is 2. The van der Waals surface area contributed by atoms with Crippen LogP contribution in [0.3, 0.4) is 0 Å². The number of hydrazine groups is 1. The maximum Gasteiger partial charge on any atom is 0.412 e. The molecule has 0 radical (unpaired) electrons. The van der Waals surface area contributed by atoms with E-state index in [4.69, 9.17) is 9.84 Å². The fraction of sp³-hybridized carbons (Fsp3) is 0.280. The quantitative estimate of drug-likeness (QED) is 0.337. The monoisotopic (exact) mass is 500 g/mol. The average Bonchev–Trinajstić information content (AvgIpc) is 2.84. The molecule has 0 saturated heterocycles. The molecule has 3 rings (SSSR count). The molecule has 3 N–H and O–H groups in total. The highest BCUT2D eigenvalue weighted by molar-refractivity contribution is 5.89. The third-order valence-electron chi connectivity index (χ3n) is 5.37. The number of halogens is 2. The zero-order valence-corrected chi connectivity index (χ0v) is 19.5. The summed E-state index contributed by atoms with van der Waals surface area (Å²) in [5, 5.41) is 14.4. The molecule has 9 nitrogen and oxygen atoms in total. The smallest absolute Gasteiger partial charge is 0.412 e. The number of aliphatic carboxylic acids is 1. The molecule has 11 heteroatoms. The van der Waals surface area contributed by atoms with Gasteiger partial charge in [-0.3, -0.25) is 19.9 Å². The Morgan fingerprint density at radius 1 is 1.11 bits per heavy atom. The van der Waals surface area contributed by atoms with Crippen molar-refractivity contribution in [1.82, 2.24) is 15.4 Å². The van der Waals surface area contributed by atoms with Crippen LogP contribution in [-0.2, 0) is 20.9 Å². The standard InChI is InChI=1S/C25H26F2N4O5/c1-16(32)31(29-14-19-8-4-10-21(26)24(19)27)20(9-5-11-23(33)34)15-36-25(35)30-22-12-17-6-2-3-7-18(17)13-28-22/h2-4,6-8,10,12-13,20,29H,5,9,11,14-15H2,1H3,(H,33,34)(H,28,30,35)/t20-/m1/s1. The van der Waals surface area contributed by atoms with Crippen LogP contribution in [0, 0.1) is 11.6 Å². The molecular weight excluding hydrogens is 474 g/mol. The van der Waals surface area contributed by atoms with Crippen molar-refractivity contribution in [2.75, 3.05) is 11.9 Å². The molecule has 0 bridgehead atoms. The van der Waals surface area contributed by atoms with Gasteiger partial charge >= 0.3 is 12.1 Å². The number of benzene rings is 2. The van der Waals surface area contributed by atoms with Gasteiger partial charge in [-0.25, -0.2) is 24.0 Å². The number of rotatable bonds is 11. The number of anilines is 1. The molecule has 0 fully saturated rings. The van der Waals surface area contributed by atoms with Crippen molar-refractivity contribution >= 4 is 34.6 Å². The van der Waals surface area contributed by atoms with E-state index in [-0.39, 0.29) is 43.8 Å². The third kappa shape index (κ3) is 7.44. The number of carbonyl (C=O) groups is 3. The minimum Gasteiger partial charge on any atom is -0.481 e. The topological polar surface area (TPSA) is 121 Å². The number of fused-ring (bicyclic) bond motifs is 1. The first-order valence-corrected chi connectivity index (χ1v) is 11.2. The fourth-order valence-electron chi connectivity index (χ4n) is 3.59. The van der Waals surface area contributed by atoms with E-state index >= 15 is 0 Å². The van der Waals surface area contributed by atoms with Gasteiger partial charge in [0.05, 0.1) is 6.04 Å². The molecule has 1 atom stereocenters. The van der Waals surface area contributed by atoms with Crippen molar-refractivity contribution in [2.45, 2.75) is 38.8 Å². The second-order valence-electron chi connectivity index (χ2n) is 8.02. The second-order valence-corrected chi connectivity index (χ2v) is 8.02. The highest BCUT2D eigenvalue weighted by atomic mass is 19.2. The molecule has 190 valence electrons. The van der Waals surface area contributed by atoms with E-state index in [1.54, 1.807) is 12.3 Å². The number of aromatic nitrogens is 1. The van der Waals surface area contributed by atoms with Crippen molar-refractivity contribution in [3.05, 3.63) is 71.9 Å². The number of carboxylic acid groups (broad SMARTS) is 1. The van der Waals surface area contributed by atoms with Crippen molar-refractivity contribution in [3.8, 4) is 0 Å². The number of amides is 2. The Kier molecular flexibility index (Phi) is 9.23. The third-order valence-corrected chi connectivity index (χ3v) is 5.37. The average molecular weight is 501 g/mol. The SMILES string of the molecule is CC(=O)N(NCc1cccc(F)c1F)[C@H](CCCC(=O)O)COC(=O)Nc1cc2ccccc2cn1. The summed E-state index contributed by atoms with van der Waals surface area (Å²) in [6.45, 7) is 0.751. The Bertz CT molecular complexity index is 1240. The van der Waals surface area contributed by atoms with Gasteiger partial charge in [0.1, 0.15) is 12.4 Å². The van der Waals surface area contributed by atoms with Crippen LogP contribution in [0.25, 0.3) is 10.8 Å². The molecule has 0 aliphatic carbocycles. The summed E-state index contributed by atoms with van der Waals surface area (Å²) in [5.74, 6) is -3.30. The lowest BCUT2D eigenvalue weighted by Gasteiger charge is -2.31. The first-order valence-electron chi connectivity index (χ1n) is 11.2. The summed E-state index contributed by atoms with van der Waals surface area (Å²) in [5.41, 5.74) is 2.73. The molecule has 0 saturated carbocycles. The molecule has 1 aromatic heterocycles. The van der Waals surface area contributed by atoms with E-state index in [1.165, 1.54) is 19.1 Å². The lowest BCUT2D eigenvalue weighted by atomic mass is 10.1. The molecule has 2 amide bonds. The molecule has 36 heavy (non-hydrogen) atoms. The first-order chi connectivity index (χ1) is 17.2. The number of carboxylic acids is 1. The van der Waals surface area contributed by atoms with Gasteiger partial charge in [-0.05, 0) is 30.4 Å². The minimum absolute atomic E-state index is 0.00780. The number of hydrogen-bond donors (Lipinski definition) is 3. The summed E-state index contributed by atoms with van der Waals surface area (Å²) in [7, 11) is 0. The van der Waals surface area contributed by atoms with Crippen molar-refractivity contribution < 1.29 is 33.0 Å². The molecule has 1 heterocycles. The van der Waals surface area contributed by atoms with Crippen LogP contribution in [0.4, 0.5) is 19.4 Å². The van der Waals surface area contributed by atoms with Crippen LogP contribution in [0.1, 0.15) is 31.7 Å². The van der Waals surface area contributed by atoms with E-state index in [0.717, 1.165) is 21.8 Å². The summed E-state index contributed by atoms with van der Waals surface area (Å²) in [4.78, 5) is 39.9. The summed E-state index contributed by atoms with van der Waals surface area (Å²) in [6.07, 6.45) is 0.990. The number of pyridine rings is 1. The largest absolute Gasteiger partial charge is 0.481 e. The van der Waals surface area contributed by atoms with Gasteiger partial charge < -0.3 is 9.84 Å². The van der Waals surface area contributed by atoms with Crippen molar-refractivity contribution in [1.29, 1.82) is 0 Å². The minimum atomic E-state index is -1.05. The lowest BCUT2D eigenvalue weighted by molar-refractivity contribution is -0.137. The maximum atomic E-state index is 14.0. The molecule has 2 aromatic carbocycles. The van der Waals surface area contributed by atoms with Crippen LogP contribution in [0.5, 0.6) is 0 Å².